The lowest BCUT2D eigenvalue weighted by Crippen LogP contribution is -2.07. The van der Waals surface area contributed by atoms with E-state index in [-0.39, 0.29) is 0 Å². The Hall–Kier alpha value is -0.520. The van der Waals surface area contributed by atoms with E-state index >= 15 is 0 Å². The van der Waals surface area contributed by atoms with Crippen molar-refractivity contribution in [2.75, 3.05) is 0 Å². The average Bonchev–Trinajstić information content (AvgIpc) is 1.86. The van der Waals surface area contributed by atoms with Crippen LogP contribution in [0.15, 0.2) is 23.8 Å². The number of allylic oxidation sites excluding steroid dienone is 4. The Morgan fingerprint density at radius 3 is 2.60 bits per heavy atom. The molecule has 0 unspecified atom stereocenters. The number of hydrogen-bond acceptors (Lipinski definition) is 0. The van der Waals surface area contributed by atoms with Gasteiger partial charge in [0, 0.05) is 5.41 Å². The van der Waals surface area contributed by atoms with Crippen LogP contribution in [0.2, 0.25) is 0 Å². The Kier molecular flexibility index (Phi) is 1.98. The minimum atomic E-state index is 0.309. The molecule has 10 heavy (non-hydrogen) atoms. The normalized spacial score (nSPS) is 22.5. The summed E-state index contributed by atoms with van der Waals surface area (Å²) in [4.78, 5) is 0. The standard InChI is InChI=1S/C10H16/c1-4-9-6-5-7-10(2,3)8-9/h5,7-8H,4,6H2,1-3H3. The highest BCUT2D eigenvalue weighted by molar-refractivity contribution is 5.21. The van der Waals surface area contributed by atoms with Gasteiger partial charge in [0.05, 0.1) is 0 Å². The molecular formula is C10H16. The molecular weight excluding hydrogens is 120 g/mol. The molecule has 0 atom stereocenters. The fraction of sp³-hybridized carbons (Fsp3) is 0.600. The Morgan fingerprint density at radius 2 is 2.20 bits per heavy atom. The molecule has 0 heterocycles. The maximum Gasteiger partial charge on any atom is 0.000730 e. The van der Waals surface area contributed by atoms with Gasteiger partial charge in [0.2, 0.25) is 0 Å². The predicted octanol–water partition coefficient (Wildman–Crippen LogP) is 3.31. The lowest BCUT2D eigenvalue weighted by molar-refractivity contribution is 0.603. The summed E-state index contributed by atoms with van der Waals surface area (Å²) in [5.74, 6) is 0. The molecule has 0 heteroatoms. The van der Waals surface area contributed by atoms with E-state index in [4.69, 9.17) is 0 Å². The third-order valence-corrected chi connectivity index (χ3v) is 1.96. The van der Waals surface area contributed by atoms with Crippen molar-refractivity contribution in [3.8, 4) is 0 Å². The summed E-state index contributed by atoms with van der Waals surface area (Å²) in [6, 6.07) is 0. The lowest BCUT2D eigenvalue weighted by Gasteiger charge is -2.21. The second-order valence-electron chi connectivity index (χ2n) is 3.58. The van der Waals surface area contributed by atoms with E-state index < -0.39 is 0 Å². The molecule has 0 radical (unpaired) electrons. The summed E-state index contributed by atoms with van der Waals surface area (Å²) in [6.07, 6.45) is 9.31. The van der Waals surface area contributed by atoms with Crippen LogP contribution in [-0.2, 0) is 0 Å². The second-order valence-corrected chi connectivity index (χ2v) is 3.58. The lowest BCUT2D eigenvalue weighted by atomic mass is 9.85. The summed E-state index contributed by atoms with van der Waals surface area (Å²) in [5, 5.41) is 0. The molecule has 0 aromatic carbocycles. The first-order chi connectivity index (χ1) is 4.64. The van der Waals surface area contributed by atoms with E-state index in [9.17, 15) is 0 Å². The van der Waals surface area contributed by atoms with E-state index in [2.05, 4.69) is 39.0 Å². The van der Waals surface area contributed by atoms with Gasteiger partial charge in [-0.25, -0.2) is 0 Å². The quantitative estimate of drug-likeness (QED) is 0.485. The molecule has 0 spiro atoms. The van der Waals surface area contributed by atoms with Crippen molar-refractivity contribution in [1.82, 2.24) is 0 Å². The molecule has 0 saturated carbocycles. The van der Waals surface area contributed by atoms with Crippen LogP contribution in [0, 0.1) is 5.41 Å². The first-order valence-electron chi connectivity index (χ1n) is 4.02. The van der Waals surface area contributed by atoms with Crippen molar-refractivity contribution in [3.05, 3.63) is 23.8 Å². The number of hydrogen-bond donors (Lipinski definition) is 0. The molecule has 56 valence electrons. The molecule has 0 bridgehead atoms. The summed E-state index contributed by atoms with van der Waals surface area (Å²) >= 11 is 0. The first-order valence-corrected chi connectivity index (χ1v) is 4.02. The number of rotatable bonds is 1. The van der Waals surface area contributed by atoms with Gasteiger partial charge in [-0.2, -0.15) is 0 Å². The van der Waals surface area contributed by atoms with E-state index in [0.29, 0.717) is 5.41 Å². The van der Waals surface area contributed by atoms with Gasteiger partial charge in [-0.05, 0) is 12.8 Å². The van der Waals surface area contributed by atoms with E-state index in [1.54, 1.807) is 5.57 Å². The van der Waals surface area contributed by atoms with Gasteiger partial charge in [-0.3, -0.25) is 0 Å². The van der Waals surface area contributed by atoms with Crippen LogP contribution in [0.1, 0.15) is 33.6 Å². The fourth-order valence-corrected chi connectivity index (χ4v) is 1.39. The van der Waals surface area contributed by atoms with Gasteiger partial charge < -0.3 is 0 Å². The Balaban J connectivity index is 2.73. The molecule has 0 nitrogen and oxygen atoms in total. The van der Waals surface area contributed by atoms with Crippen LogP contribution in [0.25, 0.3) is 0 Å². The van der Waals surface area contributed by atoms with Crippen molar-refractivity contribution in [3.63, 3.8) is 0 Å². The van der Waals surface area contributed by atoms with Gasteiger partial charge in [0.25, 0.3) is 0 Å². The van der Waals surface area contributed by atoms with Crippen LogP contribution in [0.5, 0.6) is 0 Å². The Bertz CT molecular complexity index is 170. The largest absolute Gasteiger partial charge is 0.0836 e. The van der Waals surface area contributed by atoms with E-state index in [1.165, 1.54) is 12.8 Å². The maximum atomic E-state index is 2.38. The van der Waals surface area contributed by atoms with Crippen molar-refractivity contribution in [2.45, 2.75) is 33.6 Å². The highest BCUT2D eigenvalue weighted by atomic mass is 14.2. The third kappa shape index (κ3) is 1.73. The molecule has 1 aliphatic carbocycles. The minimum Gasteiger partial charge on any atom is -0.0836 e. The van der Waals surface area contributed by atoms with Crippen LogP contribution in [0.3, 0.4) is 0 Å². The average molecular weight is 136 g/mol. The molecule has 0 aromatic rings. The SMILES string of the molecule is CCC1=CC(C)(C)C=CC1. The third-order valence-electron chi connectivity index (χ3n) is 1.96. The summed E-state index contributed by atoms with van der Waals surface area (Å²) in [5.41, 5.74) is 1.89. The van der Waals surface area contributed by atoms with Crippen molar-refractivity contribution >= 4 is 0 Å². The summed E-state index contributed by atoms with van der Waals surface area (Å²) < 4.78 is 0. The maximum absolute atomic E-state index is 2.38. The van der Waals surface area contributed by atoms with E-state index in [1.807, 2.05) is 0 Å². The zero-order valence-electron chi connectivity index (χ0n) is 7.15. The second kappa shape index (κ2) is 2.61. The Labute approximate surface area is 63.6 Å². The molecule has 0 aliphatic heterocycles. The van der Waals surface area contributed by atoms with Gasteiger partial charge in [0.15, 0.2) is 0 Å². The monoisotopic (exact) mass is 136 g/mol. The van der Waals surface area contributed by atoms with Gasteiger partial charge >= 0.3 is 0 Å². The van der Waals surface area contributed by atoms with Crippen molar-refractivity contribution in [2.24, 2.45) is 5.41 Å². The smallest absolute Gasteiger partial charge is 0.000730 e. The summed E-state index contributed by atoms with van der Waals surface area (Å²) in [7, 11) is 0. The van der Waals surface area contributed by atoms with E-state index in [0.717, 1.165) is 0 Å². The van der Waals surface area contributed by atoms with Gasteiger partial charge in [-0.15, -0.1) is 0 Å². The van der Waals surface area contributed by atoms with Crippen molar-refractivity contribution in [1.29, 1.82) is 0 Å². The fourth-order valence-electron chi connectivity index (χ4n) is 1.39. The molecule has 0 N–H and O–H groups in total. The van der Waals surface area contributed by atoms with Crippen LogP contribution in [0.4, 0.5) is 0 Å². The molecule has 0 fully saturated rings. The predicted molar refractivity (Wildman–Crippen MR) is 45.9 cm³/mol. The van der Waals surface area contributed by atoms with Crippen LogP contribution < -0.4 is 0 Å². The first kappa shape index (κ1) is 7.59. The highest BCUT2D eigenvalue weighted by Crippen LogP contribution is 2.28. The zero-order chi connectivity index (χ0) is 7.61. The van der Waals surface area contributed by atoms with Gasteiger partial charge in [-0.1, -0.05) is 44.6 Å². The highest BCUT2D eigenvalue weighted by Gasteiger charge is 2.13. The molecule has 0 aromatic heterocycles. The summed E-state index contributed by atoms with van der Waals surface area (Å²) in [6.45, 7) is 6.72. The van der Waals surface area contributed by atoms with Gasteiger partial charge in [0.1, 0.15) is 0 Å². The minimum absolute atomic E-state index is 0.309. The molecule has 0 amide bonds. The molecule has 0 saturated heterocycles. The zero-order valence-corrected chi connectivity index (χ0v) is 7.15. The van der Waals surface area contributed by atoms with Crippen LogP contribution >= 0.6 is 0 Å². The molecule has 1 aliphatic rings. The topological polar surface area (TPSA) is 0 Å². The van der Waals surface area contributed by atoms with Crippen molar-refractivity contribution < 1.29 is 0 Å². The Morgan fingerprint density at radius 1 is 1.50 bits per heavy atom. The van der Waals surface area contributed by atoms with Crippen LogP contribution in [-0.4, -0.2) is 0 Å². The molecule has 1 rings (SSSR count).